The monoisotopic (exact) mass is 626 g/mol. The van der Waals surface area contributed by atoms with Crippen LogP contribution in [0.1, 0.15) is 42.1 Å². The molecule has 3 heterocycles. The number of benzene rings is 3. The van der Waals surface area contributed by atoms with Gasteiger partial charge in [-0.2, -0.15) is 5.10 Å². The van der Waals surface area contributed by atoms with Crippen molar-refractivity contribution in [3.8, 4) is 22.8 Å². The van der Waals surface area contributed by atoms with Crippen molar-refractivity contribution in [2.75, 3.05) is 33.4 Å². The van der Waals surface area contributed by atoms with E-state index in [9.17, 15) is 9.59 Å². The molecule has 3 aromatic carbocycles. The van der Waals surface area contributed by atoms with E-state index >= 15 is 0 Å². The highest BCUT2D eigenvalue weighted by molar-refractivity contribution is 6.30. The molecule has 2 aliphatic rings. The van der Waals surface area contributed by atoms with Gasteiger partial charge in [0.25, 0.3) is 0 Å². The lowest BCUT2D eigenvalue weighted by atomic mass is 9.93. The first kappa shape index (κ1) is 30.2. The largest absolute Gasteiger partial charge is 0.497 e. The maximum atomic E-state index is 14.5. The van der Waals surface area contributed by atoms with Crippen LogP contribution >= 0.6 is 11.6 Å². The van der Waals surface area contributed by atoms with Gasteiger partial charge in [-0.05, 0) is 53.4 Å². The molecule has 0 unspecified atom stereocenters. The van der Waals surface area contributed by atoms with Gasteiger partial charge in [-0.25, -0.2) is 4.79 Å². The zero-order valence-electron chi connectivity index (χ0n) is 25.4. The lowest BCUT2D eigenvalue weighted by Gasteiger charge is -2.35. The van der Waals surface area contributed by atoms with Gasteiger partial charge in [0.15, 0.2) is 0 Å². The molecule has 2 atom stereocenters. The van der Waals surface area contributed by atoms with Crippen LogP contribution in [-0.2, 0) is 11.8 Å². The minimum absolute atomic E-state index is 0.0399. The number of hydrogen-bond acceptors (Lipinski definition) is 6. The summed E-state index contributed by atoms with van der Waals surface area (Å²) in [7, 11) is 3.51. The van der Waals surface area contributed by atoms with Gasteiger partial charge in [0.2, 0.25) is 5.91 Å². The van der Waals surface area contributed by atoms with Crippen LogP contribution in [0.3, 0.4) is 0 Å². The SMILES string of the molecule is CCCOc1cc(OC)ccc1C1=N[C@@H](c2ccc(-c3ccnn3C)cc2)[C@@H](c2ccc(Cl)cc2)N1C(=O)N1CCNC(=O)C1. The predicted octanol–water partition coefficient (Wildman–Crippen LogP) is 5.63. The third-order valence-corrected chi connectivity index (χ3v) is 8.31. The lowest BCUT2D eigenvalue weighted by molar-refractivity contribution is -0.123. The molecule has 0 aliphatic carbocycles. The van der Waals surface area contributed by atoms with E-state index in [1.807, 2.05) is 91.4 Å². The molecule has 232 valence electrons. The number of carbonyl (C=O) groups is 2. The van der Waals surface area contributed by atoms with E-state index in [0.717, 1.165) is 28.8 Å². The molecule has 4 aromatic rings. The van der Waals surface area contributed by atoms with E-state index in [-0.39, 0.29) is 18.5 Å². The molecule has 1 aromatic heterocycles. The third-order valence-electron chi connectivity index (χ3n) is 8.05. The number of aliphatic imine (C=N–C) groups is 1. The second kappa shape index (κ2) is 13.0. The summed E-state index contributed by atoms with van der Waals surface area (Å²) in [6.07, 6.45) is 2.57. The van der Waals surface area contributed by atoms with Crippen molar-refractivity contribution in [1.82, 2.24) is 24.9 Å². The molecule has 0 radical (unpaired) electrons. The summed E-state index contributed by atoms with van der Waals surface area (Å²) < 4.78 is 13.5. The Kier molecular flexibility index (Phi) is 8.75. The number of methoxy groups -OCH3 is 1. The molecular formula is C34H35ClN6O4. The van der Waals surface area contributed by atoms with Crippen molar-refractivity contribution in [2.45, 2.75) is 25.4 Å². The number of piperazine rings is 1. The number of aromatic nitrogens is 2. The molecule has 45 heavy (non-hydrogen) atoms. The fraction of sp³-hybridized carbons (Fsp3) is 0.294. The van der Waals surface area contributed by atoms with Gasteiger partial charge in [-0.1, -0.05) is 54.9 Å². The van der Waals surface area contributed by atoms with Crippen LogP contribution in [0.5, 0.6) is 11.5 Å². The Morgan fingerprint density at radius 1 is 1.04 bits per heavy atom. The van der Waals surface area contributed by atoms with Crippen molar-refractivity contribution in [3.63, 3.8) is 0 Å². The normalized spacial score (nSPS) is 18.0. The first-order chi connectivity index (χ1) is 21.9. The number of amidine groups is 1. The van der Waals surface area contributed by atoms with E-state index in [2.05, 4.69) is 10.4 Å². The molecule has 11 heteroatoms. The number of amides is 3. The summed E-state index contributed by atoms with van der Waals surface area (Å²) in [4.78, 5) is 35.5. The first-order valence-electron chi connectivity index (χ1n) is 15.0. The van der Waals surface area contributed by atoms with Crippen LogP contribution in [-0.4, -0.2) is 70.7 Å². The highest BCUT2D eigenvalue weighted by Gasteiger charge is 2.45. The number of ether oxygens (including phenoxy) is 2. The molecule has 0 saturated carbocycles. The van der Waals surface area contributed by atoms with E-state index in [1.54, 1.807) is 23.1 Å². The molecule has 1 fully saturated rings. The van der Waals surface area contributed by atoms with Gasteiger partial charge in [-0.3, -0.25) is 19.4 Å². The number of carbonyl (C=O) groups excluding carboxylic acids is 2. The quantitative estimate of drug-likeness (QED) is 0.273. The number of halogens is 1. The van der Waals surface area contributed by atoms with Crippen molar-refractivity contribution >= 4 is 29.4 Å². The average molecular weight is 627 g/mol. The number of nitrogens with zero attached hydrogens (tertiary/aromatic N) is 5. The zero-order chi connectivity index (χ0) is 31.5. The van der Waals surface area contributed by atoms with Gasteiger partial charge in [0.1, 0.15) is 29.9 Å². The Hall–Kier alpha value is -4.83. The molecule has 10 nitrogen and oxygen atoms in total. The second-order valence-corrected chi connectivity index (χ2v) is 11.4. The van der Waals surface area contributed by atoms with Crippen molar-refractivity contribution in [3.05, 3.63) is 101 Å². The summed E-state index contributed by atoms with van der Waals surface area (Å²) in [5.74, 6) is 1.45. The smallest absolute Gasteiger partial charge is 0.326 e. The number of urea groups is 1. The molecule has 0 bridgehead atoms. The minimum atomic E-state index is -0.529. The highest BCUT2D eigenvalue weighted by Crippen LogP contribution is 2.46. The Bertz CT molecular complexity index is 1720. The fourth-order valence-corrected chi connectivity index (χ4v) is 5.93. The van der Waals surface area contributed by atoms with Crippen molar-refractivity contribution in [1.29, 1.82) is 0 Å². The van der Waals surface area contributed by atoms with Gasteiger partial charge in [-0.15, -0.1) is 0 Å². The van der Waals surface area contributed by atoms with E-state index in [1.165, 1.54) is 0 Å². The van der Waals surface area contributed by atoms with E-state index in [0.29, 0.717) is 47.6 Å². The maximum absolute atomic E-state index is 14.5. The summed E-state index contributed by atoms with van der Waals surface area (Å²) >= 11 is 6.31. The fourth-order valence-electron chi connectivity index (χ4n) is 5.80. The Labute approximate surface area is 267 Å². The summed E-state index contributed by atoms with van der Waals surface area (Å²) in [5.41, 5.74) is 4.45. The summed E-state index contributed by atoms with van der Waals surface area (Å²) in [6, 6.07) is 21.8. The van der Waals surface area contributed by atoms with Crippen LogP contribution in [0.4, 0.5) is 4.79 Å². The molecular weight excluding hydrogens is 592 g/mol. The van der Waals surface area contributed by atoms with E-state index < -0.39 is 12.1 Å². The number of nitrogens with one attached hydrogen (secondary N) is 1. The number of aryl methyl sites for hydroxylation is 1. The Balaban J connectivity index is 1.51. The number of rotatable bonds is 8. The topological polar surface area (TPSA) is 101 Å². The standard InChI is InChI=1S/C34H35ClN6O4/c1-4-19-45-29-20-26(44-3)13-14-27(29)33-38-31(23-7-5-22(6-8-23)28-15-16-37-39(28)2)32(24-9-11-25(35)12-10-24)41(33)34(43)40-18-17-36-30(42)21-40/h5-16,20,31-32H,4,17-19,21H2,1-3H3,(H,36,42)/t31-,32+/m0/s1. The second-order valence-electron chi connectivity index (χ2n) is 11.0. The third kappa shape index (κ3) is 6.10. The average Bonchev–Trinajstić information content (AvgIpc) is 3.67. The molecule has 2 aliphatic heterocycles. The first-order valence-corrected chi connectivity index (χ1v) is 15.3. The van der Waals surface area contributed by atoms with Gasteiger partial charge < -0.3 is 19.7 Å². The van der Waals surface area contributed by atoms with Crippen LogP contribution in [0.2, 0.25) is 5.02 Å². The van der Waals surface area contributed by atoms with Crippen molar-refractivity contribution in [2.24, 2.45) is 12.0 Å². The Morgan fingerprint density at radius 2 is 1.80 bits per heavy atom. The van der Waals surface area contributed by atoms with Gasteiger partial charge in [0.05, 0.1) is 31.0 Å². The highest BCUT2D eigenvalue weighted by atomic mass is 35.5. The molecule has 0 spiro atoms. The molecule has 3 amide bonds. The van der Waals surface area contributed by atoms with Gasteiger partial charge in [0, 0.05) is 37.4 Å². The molecule has 1 N–H and O–H groups in total. The molecule has 6 rings (SSSR count). The van der Waals surface area contributed by atoms with Gasteiger partial charge >= 0.3 is 6.03 Å². The van der Waals surface area contributed by atoms with Crippen LogP contribution in [0, 0.1) is 0 Å². The summed E-state index contributed by atoms with van der Waals surface area (Å²) in [6.45, 7) is 3.23. The lowest BCUT2D eigenvalue weighted by Crippen LogP contribution is -2.55. The zero-order valence-corrected chi connectivity index (χ0v) is 26.2. The van der Waals surface area contributed by atoms with Crippen LogP contribution < -0.4 is 14.8 Å². The maximum Gasteiger partial charge on any atom is 0.326 e. The number of hydrogen-bond donors (Lipinski definition) is 1. The minimum Gasteiger partial charge on any atom is -0.497 e. The Morgan fingerprint density at radius 3 is 2.47 bits per heavy atom. The van der Waals surface area contributed by atoms with E-state index in [4.69, 9.17) is 26.1 Å². The molecule has 1 saturated heterocycles. The van der Waals surface area contributed by atoms with Crippen LogP contribution in [0.25, 0.3) is 11.3 Å². The summed E-state index contributed by atoms with van der Waals surface area (Å²) in [5, 5.41) is 7.70. The van der Waals surface area contributed by atoms with Crippen LogP contribution in [0.15, 0.2) is 84.0 Å². The predicted molar refractivity (Wildman–Crippen MR) is 173 cm³/mol. The van der Waals surface area contributed by atoms with Crippen molar-refractivity contribution < 1.29 is 19.1 Å².